The number of carbonyl (C=O) groups is 1. The van der Waals surface area contributed by atoms with Crippen LogP contribution in [0.25, 0.3) is 0 Å². The predicted molar refractivity (Wildman–Crippen MR) is 83.1 cm³/mol. The van der Waals surface area contributed by atoms with Gasteiger partial charge in [-0.15, -0.1) is 0 Å². The van der Waals surface area contributed by atoms with Crippen LogP contribution in [0.3, 0.4) is 0 Å². The molecule has 0 heterocycles. The largest absolute Gasteiger partial charge is 0.478 e. The third-order valence-electron chi connectivity index (χ3n) is 3.11. The van der Waals surface area contributed by atoms with Gasteiger partial charge < -0.3 is 5.11 Å². The Labute approximate surface area is 127 Å². The maximum Gasteiger partial charge on any atom is 0.337 e. The van der Waals surface area contributed by atoms with Crippen molar-refractivity contribution in [3.05, 3.63) is 28.8 Å². The van der Waals surface area contributed by atoms with Gasteiger partial charge >= 0.3 is 5.97 Å². The van der Waals surface area contributed by atoms with E-state index in [9.17, 15) is 9.00 Å². The van der Waals surface area contributed by atoms with E-state index in [0.29, 0.717) is 10.6 Å². The van der Waals surface area contributed by atoms with Crippen molar-refractivity contribution in [2.45, 2.75) is 50.3 Å². The zero-order valence-electron chi connectivity index (χ0n) is 11.7. The van der Waals surface area contributed by atoms with Crippen LogP contribution in [0.2, 0.25) is 5.02 Å². The zero-order valence-corrected chi connectivity index (χ0v) is 13.3. The maximum absolute atomic E-state index is 12.1. The highest BCUT2D eigenvalue weighted by molar-refractivity contribution is 7.85. The van der Waals surface area contributed by atoms with Gasteiger partial charge in [0, 0.05) is 10.6 Å². The average molecular weight is 317 g/mol. The minimum absolute atomic E-state index is 0.0143. The number of hydrogen-bond donors (Lipinski definition) is 1. The third-order valence-corrected chi connectivity index (χ3v) is 4.88. The van der Waals surface area contributed by atoms with Gasteiger partial charge in [-0.1, -0.05) is 50.6 Å². The highest BCUT2D eigenvalue weighted by Crippen LogP contribution is 2.20. The Hall–Kier alpha value is -0.870. The molecule has 1 atom stereocenters. The molecule has 0 bridgehead atoms. The highest BCUT2D eigenvalue weighted by Gasteiger charge is 2.12. The van der Waals surface area contributed by atoms with E-state index in [1.165, 1.54) is 37.8 Å². The smallest absolute Gasteiger partial charge is 0.337 e. The van der Waals surface area contributed by atoms with Crippen molar-refractivity contribution in [1.82, 2.24) is 0 Å². The fraction of sp³-hybridized carbons (Fsp3) is 0.533. The summed E-state index contributed by atoms with van der Waals surface area (Å²) >= 11 is 5.79. The summed E-state index contributed by atoms with van der Waals surface area (Å²) in [5, 5.41) is 9.16. The van der Waals surface area contributed by atoms with E-state index in [-0.39, 0.29) is 10.6 Å². The lowest BCUT2D eigenvalue weighted by Gasteiger charge is -2.05. The van der Waals surface area contributed by atoms with Crippen LogP contribution < -0.4 is 0 Å². The number of halogens is 1. The Bertz CT molecular complexity index is 474. The molecule has 1 aromatic carbocycles. The quantitative estimate of drug-likeness (QED) is 0.682. The Balaban J connectivity index is 2.47. The summed E-state index contributed by atoms with van der Waals surface area (Å²) < 4.78 is 12.1. The molecular formula is C15H21ClO3S. The van der Waals surface area contributed by atoms with Crippen molar-refractivity contribution in [1.29, 1.82) is 0 Å². The summed E-state index contributed by atoms with van der Waals surface area (Å²) in [6.07, 6.45) is 6.85. The van der Waals surface area contributed by atoms with Crippen LogP contribution in [0.15, 0.2) is 23.1 Å². The van der Waals surface area contributed by atoms with Crippen LogP contribution in [0.4, 0.5) is 0 Å². The van der Waals surface area contributed by atoms with Crippen LogP contribution >= 0.6 is 11.6 Å². The molecule has 3 nitrogen and oxygen atoms in total. The first-order chi connectivity index (χ1) is 9.56. The fourth-order valence-corrected chi connectivity index (χ4v) is 3.31. The lowest BCUT2D eigenvalue weighted by Crippen LogP contribution is -2.02. The standard InChI is InChI=1S/C15H21ClO3S/c1-2-3-4-5-6-7-10-20(19)12-8-9-14(16)13(11-12)15(17)18/h8-9,11H,2-7,10H2,1H3,(H,17,18). The summed E-state index contributed by atoms with van der Waals surface area (Å²) in [4.78, 5) is 11.5. The number of rotatable bonds is 9. The van der Waals surface area contributed by atoms with Crippen LogP contribution in [0.1, 0.15) is 55.8 Å². The van der Waals surface area contributed by atoms with Crippen molar-refractivity contribution in [2.24, 2.45) is 0 Å². The lowest BCUT2D eigenvalue weighted by atomic mass is 10.1. The summed E-state index contributed by atoms with van der Waals surface area (Å²) in [6.45, 7) is 2.18. The van der Waals surface area contributed by atoms with Gasteiger partial charge in [0.15, 0.2) is 0 Å². The molecular weight excluding hydrogens is 296 g/mol. The van der Waals surface area contributed by atoms with E-state index < -0.39 is 16.8 Å². The molecule has 0 saturated heterocycles. The minimum atomic E-state index is -1.15. The summed E-state index contributed by atoms with van der Waals surface area (Å²) in [5.74, 6) is -0.513. The SMILES string of the molecule is CCCCCCCCS(=O)c1ccc(Cl)c(C(=O)O)c1. The molecule has 1 aromatic rings. The van der Waals surface area contributed by atoms with Gasteiger partial charge in [-0.3, -0.25) is 4.21 Å². The molecule has 0 radical (unpaired) electrons. The number of benzene rings is 1. The molecule has 0 saturated carbocycles. The Morgan fingerprint density at radius 3 is 2.50 bits per heavy atom. The molecule has 5 heteroatoms. The topological polar surface area (TPSA) is 54.4 Å². The molecule has 0 amide bonds. The lowest BCUT2D eigenvalue weighted by molar-refractivity contribution is 0.0697. The average Bonchev–Trinajstić information content (AvgIpc) is 2.42. The summed E-state index contributed by atoms with van der Waals surface area (Å²) in [6, 6.07) is 4.55. The monoisotopic (exact) mass is 316 g/mol. The van der Waals surface area contributed by atoms with E-state index in [1.807, 2.05) is 0 Å². The van der Waals surface area contributed by atoms with Gasteiger partial charge in [0.05, 0.1) is 21.4 Å². The second-order valence-corrected chi connectivity index (χ2v) is 6.74. The molecule has 0 aliphatic heterocycles. The summed E-state index contributed by atoms with van der Waals surface area (Å²) in [5.41, 5.74) is 0.0143. The Morgan fingerprint density at radius 2 is 1.85 bits per heavy atom. The normalized spacial score (nSPS) is 12.3. The molecule has 0 aromatic heterocycles. The van der Waals surface area contributed by atoms with Crippen LogP contribution in [-0.2, 0) is 10.8 Å². The van der Waals surface area contributed by atoms with Gasteiger partial charge in [-0.2, -0.15) is 0 Å². The molecule has 20 heavy (non-hydrogen) atoms. The van der Waals surface area contributed by atoms with Crippen LogP contribution in [0.5, 0.6) is 0 Å². The van der Waals surface area contributed by atoms with E-state index in [0.717, 1.165) is 12.8 Å². The number of carboxylic acids is 1. The first kappa shape index (κ1) is 17.2. The van der Waals surface area contributed by atoms with Gasteiger partial charge in [0.2, 0.25) is 0 Å². The Kier molecular flexibility index (Phi) is 7.85. The number of hydrogen-bond acceptors (Lipinski definition) is 2. The van der Waals surface area contributed by atoms with Gasteiger partial charge in [0.25, 0.3) is 0 Å². The molecule has 0 aliphatic rings. The van der Waals surface area contributed by atoms with Crippen molar-refractivity contribution in [2.75, 3.05) is 5.75 Å². The molecule has 1 rings (SSSR count). The summed E-state index contributed by atoms with van der Waals surface area (Å²) in [7, 11) is -1.15. The van der Waals surface area contributed by atoms with Gasteiger partial charge in [-0.25, -0.2) is 4.79 Å². The number of aromatic carboxylic acids is 1. The minimum Gasteiger partial charge on any atom is -0.478 e. The number of carboxylic acid groups (broad SMARTS) is 1. The zero-order chi connectivity index (χ0) is 15.0. The van der Waals surface area contributed by atoms with Gasteiger partial charge in [-0.05, 0) is 24.6 Å². The van der Waals surface area contributed by atoms with Crippen molar-refractivity contribution in [3.8, 4) is 0 Å². The van der Waals surface area contributed by atoms with Crippen molar-refractivity contribution in [3.63, 3.8) is 0 Å². The van der Waals surface area contributed by atoms with E-state index in [4.69, 9.17) is 16.7 Å². The first-order valence-corrected chi connectivity index (χ1v) is 8.67. The Morgan fingerprint density at radius 1 is 1.20 bits per heavy atom. The second-order valence-electron chi connectivity index (χ2n) is 4.76. The molecule has 0 aliphatic carbocycles. The van der Waals surface area contributed by atoms with Crippen LogP contribution in [0, 0.1) is 0 Å². The molecule has 0 fully saturated rings. The van der Waals surface area contributed by atoms with E-state index in [2.05, 4.69) is 6.92 Å². The number of unbranched alkanes of at least 4 members (excludes halogenated alkanes) is 5. The van der Waals surface area contributed by atoms with Crippen LogP contribution in [-0.4, -0.2) is 21.0 Å². The predicted octanol–water partition coefficient (Wildman–Crippen LogP) is 4.51. The van der Waals surface area contributed by atoms with Crippen molar-refractivity contribution < 1.29 is 14.1 Å². The van der Waals surface area contributed by atoms with E-state index >= 15 is 0 Å². The third kappa shape index (κ3) is 5.63. The fourth-order valence-electron chi connectivity index (χ4n) is 1.94. The second kappa shape index (κ2) is 9.14. The molecule has 112 valence electrons. The first-order valence-electron chi connectivity index (χ1n) is 6.97. The van der Waals surface area contributed by atoms with Gasteiger partial charge in [0.1, 0.15) is 0 Å². The molecule has 0 spiro atoms. The van der Waals surface area contributed by atoms with Crippen molar-refractivity contribution >= 4 is 28.4 Å². The molecule has 1 N–H and O–H groups in total. The maximum atomic E-state index is 12.1. The highest BCUT2D eigenvalue weighted by atomic mass is 35.5. The molecule has 1 unspecified atom stereocenters. The van der Waals surface area contributed by atoms with E-state index in [1.54, 1.807) is 6.07 Å².